The van der Waals surface area contributed by atoms with Gasteiger partial charge in [0.05, 0.1) is 68.5 Å². The Kier molecular flexibility index (Phi) is 13.5. The van der Waals surface area contributed by atoms with E-state index in [2.05, 4.69) is 66.2 Å². The quantitative estimate of drug-likeness (QED) is 0.212. The van der Waals surface area contributed by atoms with E-state index in [-0.39, 0.29) is 47.2 Å². The van der Waals surface area contributed by atoms with Gasteiger partial charge < -0.3 is 38.9 Å². The van der Waals surface area contributed by atoms with Crippen LogP contribution < -0.4 is 19.6 Å². The third-order valence-electron chi connectivity index (χ3n) is 15.6. The van der Waals surface area contributed by atoms with E-state index in [0.717, 1.165) is 103 Å². The minimum absolute atomic E-state index is 0.111. The van der Waals surface area contributed by atoms with E-state index in [1.165, 1.54) is 38.6 Å². The Morgan fingerprint density at radius 1 is 0.681 bits per heavy atom. The Bertz CT molecular complexity index is 2490. The van der Waals surface area contributed by atoms with E-state index < -0.39 is 0 Å². The SMILES string of the molecule is CC(=O)N(C)c1cnn(C(=O)N2CCC3(CC2)CN(Cc2ccc(N4CCOC(CC(=O)N(C)c5cnn(C(=O)N6CCC7(CC6)CN(Cc6ccc(N8CCOCC8)cc6)C7)c5)C4)cc2Cl)C3)c1. The number of ether oxygens (including phenoxy) is 2. The van der Waals surface area contributed by atoms with Crippen LogP contribution in [0.5, 0.6) is 0 Å². The van der Waals surface area contributed by atoms with Crippen LogP contribution in [0.25, 0.3) is 0 Å². The number of nitrogens with zero attached hydrogens (tertiary/aromatic N) is 12. The standard InChI is InChI=1S/C50H65ClN12O6/c1-37(64)54(2)42-26-52-62(30-42)47(66)59-16-12-50(13-17-59)35-57(36-50)29-39-6-9-41(24-45(39)51)61-20-23-69-44(32-61)25-46(65)55(3)43-27-53-63(31-43)48(67)60-14-10-49(11-15-60)33-56(34-49)28-38-4-7-40(8-5-38)58-18-21-68-22-19-58/h4-9,24,26-27,30-31,44H,10-23,25,28-29,32-36H2,1-3H3. The van der Waals surface area contributed by atoms with E-state index in [0.29, 0.717) is 62.3 Å². The Hall–Kier alpha value is -5.53. The molecule has 0 aliphatic carbocycles. The second-order valence-corrected chi connectivity index (χ2v) is 20.7. The van der Waals surface area contributed by atoms with E-state index in [1.54, 1.807) is 37.6 Å². The molecule has 6 aliphatic heterocycles. The van der Waals surface area contributed by atoms with Gasteiger partial charge in [-0.25, -0.2) is 9.59 Å². The lowest BCUT2D eigenvalue weighted by molar-refractivity contribution is -0.121. The molecule has 10 rings (SSSR count). The molecule has 1 atom stereocenters. The maximum Gasteiger partial charge on any atom is 0.344 e. The number of amides is 4. The summed E-state index contributed by atoms with van der Waals surface area (Å²) in [6.07, 6.45) is 10.1. The van der Waals surface area contributed by atoms with Crippen molar-refractivity contribution in [1.82, 2.24) is 39.2 Å². The molecule has 4 amide bonds. The summed E-state index contributed by atoms with van der Waals surface area (Å²) in [7, 11) is 3.39. The van der Waals surface area contributed by atoms with Gasteiger partial charge in [0.1, 0.15) is 0 Å². The fourth-order valence-corrected chi connectivity index (χ4v) is 11.4. The predicted molar refractivity (Wildman–Crippen MR) is 263 cm³/mol. The first-order valence-electron chi connectivity index (χ1n) is 24.5. The highest BCUT2D eigenvalue weighted by atomic mass is 35.5. The fourth-order valence-electron chi connectivity index (χ4n) is 11.2. The number of hydrogen-bond acceptors (Lipinski definition) is 12. The summed E-state index contributed by atoms with van der Waals surface area (Å²) in [5, 5.41) is 9.30. The van der Waals surface area contributed by atoms with Gasteiger partial charge in [0.25, 0.3) is 0 Å². The first kappa shape index (κ1) is 47.2. The minimum Gasteiger partial charge on any atom is -0.378 e. The molecule has 4 aromatic rings. The second kappa shape index (κ2) is 19.7. The summed E-state index contributed by atoms with van der Waals surface area (Å²) in [6.45, 7) is 15.1. The number of aromatic nitrogens is 4. The molecular formula is C50H65ClN12O6. The fraction of sp³-hybridized carbons (Fsp3) is 0.560. The highest BCUT2D eigenvalue weighted by Crippen LogP contribution is 2.43. The average molecular weight is 966 g/mol. The second-order valence-electron chi connectivity index (χ2n) is 20.3. The molecule has 6 aliphatic rings. The number of carbonyl (C=O) groups excluding carboxylic acids is 4. The number of anilines is 4. The summed E-state index contributed by atoms with van der Waals surface area (Å²) < 4.78 is 14.3. The molecular weight excluding hydrogens is 900 g/mol. The minimum atomic E-state index is -0.308. The van der Waals surface area contributed by atoms with Crippen molar-refractivity contribution in [1.29, 1.82) is 0 Å². The van der Waals surface area contributed by atoms with Crippen molar-refractivity contribution in [2.24, 2.45) is 10.8 Å². The molecule has 0 radical (unpaired) electrons. The maximum absolute atomic E-state index is 13.6. The van der Waals surface area contributed by atoms with Crippen LogP contribution in [-0.4, -0.2) is 182 Å². The number of carbonyl (C=O) groups is 4. The van der Waals surface area contributed by atoms with Gasteiger partial charge in [-0.3, -0.25) is 19.4 Å². The lowest BCUT2D eigenvalue weighted by Crippen LogP contribution is -2.60. The summed E-state index contributed by atoms with van der Waals surface area (Å²) >= 11 is 6.92. The number of halogens is 1. The zero-order valence-corrected chi connectivity index (χ0v) is 40.9. The molecule has 8 heterocycles. The Balaban J connectivity index is 0.640. The third-order valence-corrected chi connectivity index (χ3v) is 16.0. The predicted octanol–water partition coefficient (Wildman–Crippen LogP) is 4.94. The zero-order valence-electron chi connectivity index (χ0n) is 40.2. The molecule has 2 aromatic carbocycles. The van der Waals surface area contributed by atoms with Gasteiger partial charge in [-0.1, -0.05) is 29.8 Å². The van der Waals surface area contributed by atoms with Gasteiger partial charge in [0.2, 0.25) is 11.8 Å². The molecule has 2 aromatic heterocycles. The van der Waals surface area contributed by atoms with Gasteiger partial charge in [0, 0.05) is 129 Å². The van der Waals surface area contributed by atoms with Crippen molar-refractivity contribution in [3.63, 3.8) is 0 Å². The molecule has 69 heavy (non-hydrogen) atoms. The molecule has 19 heteroatoms. The normalized spacial score (nSPS) is 21.5. The highest BCUT2D eigenvalue weighted by molar-refractivity contribution is 6.31. The van der Waals surface area contributed by atoms with Crippen molar-refractivity contribution in [2.45, 2.75) is 58.2 Å². The van der Waals surface area contributed by atoms with E-state index in [9.17, 15) is 19.2 Å². The van der Waals surface area contributed by atoms with Crippen LogP contribution in [0.1, 0.15) is 50.2 Å². The topological polar surface area (TPSA) is 148 Å². The van der Waals surface area contributed by atoms with Gasteiger partial charge in [-0.15, -0.1) is 0 Å². The molecule has 1 unspecified atom stereocenters. The maximum atomic E-state index is 13.6. The van der Waals surface area contributed by atoms with Crippen molar-refractivity contribution < 1.29 is 28.7 Å². The molecule has 0 saturated carbocycles. The van der Waals surface area contributed by atoms with Crippen molar-refractivity contribution in [3.05, 3.63) is 83.4 Å². The monoisotopic (exact) mass is 964 g/mol. The van der Waals surface area contributed by atoms with Gasteiger partial charge >= 0.3 is 12.1 Å². The largest absolute Gasteiger partial charge is 0.378 e. The van der Waals surface area contributed by atoms with Crippen molar-refractivity contribution >= 4 is 58.2 Å². The van der Waals surface area contributed by atoms with E-state index >= 15 is 0 Å². The van der Waals surface area contributed by atoms with Crippen LogP contribution in [0.4, 0.5) is 32.3 Å². The summed E-state index contributed by atoms with van der Waals surface area (Å²) in [5.74, 6) is -0.229. The van der Waals surface area contributed by atoms with Crippen LogP contribution in [0.2, 0.25) is 5.02 Å². The molecule has 0 N–H and O–H groups in total. The van der Waals surface area contributed by atoms with Gasteiger partial charge in [0.15, 0.2) is 0 Å². The number of likely N-dealkylation sites (tertiary alicyclic amines) is 4. The van der Waals surface area contributed by atoms with Crippen LogP contribution in [-0.2, 0) is 32.2 Å². The molecule has 0 bridgehead atoms. The van der Waals surface area contributed by atoms with Crippen molar-refractivity contribution in [3.8, 4) is 0 Å². The van der Waals surface area contributed by atoms with Crippen LogP contribution >= 0.6 is 11.6 Å². The number of morpholine rings is 2. The van der Waals surface area contributed by atoms with Crippen molar-refractivity contribution in [2.75, 3.05) is 132 Å². The average Bonchev–Trinajstić information content (AvgIpc) is 4.06. The summed E-state index contributed by atoms with van der Waals surface area (Å²) in [6, 6.07) is 14.9. The van der Waals surface area contributed by atoms with E-state index in [1.807, 2.05) is 15.9 Å². The van der Waals surface area contributed by atoms with Crippen LogP contribution in [0.15, 0.2) is 67.3 Å². The molecule has 2 spiro atoms. The molecule has 6 saturated heterocycles. The molecule has 6 fully saturated rings. The molecule has 368 valence electrons. The summed E-state index contributed by atoms with van der Waals surface area (Å²) in [4.78, 5) is 68.3. The number of piperidine rings is 2. The van der Waals surface area contributed by atoms with Gasteiger partial charge in [-0.2, -0.15) is 19.6 Å². The van der Waals surface area contributed by atoms with Crippen LogP contribution in [0, 0.1) is 10.8 Å². The number of hydrogen-bond donors (Lipinski definition) is 0. The Morgan fingerprint density at radius 2 is 1.22 bits per heavy atom. The van der Waals surface area contributed by atoms with E-state index in [4.69, 9.17) is 21.1 Å². The number of benzene rings is 2. The Labute approximate surface area is 409 Å². The summed E-state index contributed by atoms with van der Waals surface area (Å²) in [5.41, 5.74) is 6.27. The number of rotatable bonds is 10. The lowest BCUT2D eigenvalue weighted by atomic mass is 9.72. The smallest absolute Gasteiger partial charge is 0.344 e. The third kappa shape index (κ3) is 10.2. The lowest BCUT2D eigenvalue weighted by Gasteiger charge is -2.54. The molecule has 18 nitrogen and oxygen atoms in total. The first-order valence-corrected chi connectivity index (χ1v) is 24.9. The zero-order chi connectivity index (χ0) is 47.9. The highest BCUT2D eigenvalue weighted by Gasteiger charge is 2.47. The van der Waals surface area contributed by atoms with Crippen LogP contribution in [0.3, 0.4) is 0 Å². The first-order chi connectivity index (χ1) is 33.3. The Morgan fingerprint density at radius 3 is 1.78 bits per heavy atom. The van der Waals surface area contributed by atoms with Gasteiger partial charge in [-0.05, 0) is 71.9 Å².